The van der Waals surface area contributed by atoms with Crippen LogP contribution in [0.15, 0.2) is 0 Å². The Hall–Kier alpha value is -1.72. The van der Waals surface area contributed by atoms with Crippen molar-refractivity contribution in [1.29, 1.82) is 0 Å². The molecule has 16 heavy (non-hydrogen) atoms. The summed E-state index contributed by atoms with van der Waals surface area (Å²) in [6, 6.07) is 0. The first-order chi connectivity index (χ1) is 7.52. The Kier molecular flexibility index (Phi) is 3.76. The van der Waals surface area contributed by atoms with Gasteiger partial charge in [0.2, 0.25) is 11.6 Å². The minimum Gasteiger partial charge on any atom is -0.289 e. The quantitative estimate of drug-likeness (QED) is 0.295. The van der Waals surface area contributed by atoms with Gasteiger partial charge in [-0.3, -0.25) is 9.59 Å². The number of hydrogen-bond donors (Lipinski definition) is 0. The number of ketones is 2. The zero-order valence-corrected chi connectivity index (χ0v) is 9.02. The summed E-state index contributed by atoms with van der Waals surface area (Å²) < 4.78 is 0. The van der Waals surface area contributed by atoms with Crippen LogP contribution in [-0.2, 0) is 29.0 Å². The number of hydrogen-bond acceptors (Lipinski definition) is 6. The van der Waals surface area contributed by atoms with Crippen molar-refractivity contribution in [3.63, 3.8) is 0 Å². The van der Waals surface area contributed by atoms with Crippen LogP contribution in [0.5, 0.6) is 0 Å². The lowest BCUT2D eigenvalue weighted by Crippen LogP contribution is -2.20. The minimum absolute atomic E-state index is 0.349. The lowest BCUT2D eigenvalue weighted by molar-refractivity contribution is -0.263. The van der Waals surface area contributed by atoms with E-state index in [1.807, 2.05) is 0 Å². The summed E-state index contributed by atoms with van der Waals surface area (Å²) in [5.74, 6) is -5.12. The van der Waals surface area contributed by atoms with E-state index in [9.17, 15) is 19.2 Å². The van der Waals surface area contributed by atoms with Crippen LogP contribution >= 0.6 is 0 Å². The summed E-state index contributed by atoms with van der Waals surface area (Å²) in [5.41, 5.74) is 0. The first-order valence-corrected chi connectivity index (χ1v) is 5.03. The fourth-order valence-electron chi connectivity index (χ4n) is 1.22. The highest BCUT2D eigenvalue weighted by Gasteiger charge is 2.56. The van der Waals surface area contributed by atoms with Crippen molar-refractivity contribution in [3.8, 4) is 0 Å². The molecule has 0 heterocycles. The van der Waals surface area contributed by atoms with E-state index in [0.29, 0.717) is 12.8 Å². The summed E-state index contributed by atoms with van der Waals surface area (Å²) in [6.45, 7) is 3.59. The topological polar surface area (TPSA) is 86.7 Å². The predicted octanol–water partition coefficient (Wildman–Crippen LogP) is 0.192. The molecule has 0 amide bonds. The van der Waals surface area contributed by atoms with E-state index in [-0.39, 0.29) is 5.92 Å². The molecular weight excluding hydrogens is 216 g/mol. The molecule has 88 valence electrons. The average Bonchev–Trinajstić information content (AvgIpc) is 2.85. The minimum atomic E-state index is -1.38. The fraction of sp³-hybridized carbons (Fsp3) is 0.600. The molecule has 0 bridgehead atoms. The maximum Gasteiger partial charge on any atom is 0.374 e. The van der Waals surface area contributed by atoms with Crippen molar-refractivity contribution in [2.24, 2.45) is 11.8 Å². The summed E-state index contributed by atoms with van der Waals surface area (Å²) in [6.07, 6.45) is 1.13. The Morgan fingerprint density at radius 1 is 1.12 bits per heavy atom. The molecule has 0 saturated heterocycles. The van der Waals surface area contributed by atoms with Crippen molar-refractivity contribution < 1.29 is 29.0 Å². The molecule has 0 aromatic rings. The van der Waals surface area contributed by atoms with E-state index in [1.54, 1.807) is 13.8 Å². The molecule has 0 unspecified atom stereocenters. The third kappa shape index (κ3) is 2.44. The predicted molar refractivity (Wildman–Crippen MR) is 49.8 cm³/mol. The summed E-state index contributed by atoms with van der Waals surface area (Å²) in [5, 5.41) is 0. The Bertz CT molecular complexity index is 327. The SMILES string of the molecule is CCC(CC)C(=O)OOC(=O)C1C(=O)C1=O. The average molecular weight is 228 g/mol. The Morgan fingerprint density at radius 3 is 2.00 bits per heavy atom. The van der Waals surface area contributed by atoms with E-state index in [4.69, 9.17) is 0 Å². The van der Waals surface area contributed by atoms with Gasteiger partial charge in [0.05, 0.1) is 5.92 Å². The van der Waals surface area contributed by atoms with Gasteiger partial charge in [-0.2, -0.15) is 0 Å². The van der Waals surface area contributed by atoms with Crippen molar-refractivity contribution in [1.82, 2.24) is 0 Å². The van der Waals surface area contributed by atoms with E-state index < -0.39 is 29.4 Å². The second-order valence-corrected chi connectivity index (χ2v) is 3.48. The van der Waals surface area contributed by atoms with Crippen molar-refractivity contribution >= 4 is 23.5 Å². The van der Waals surface area contributed by atoms with Gasteiger partial charge in [0.15, 0.2) is 5.92 Å². The van der Waals surface area contributed by atoms with Crippen LogP contribution in [0.25, 0.3) is 0 Å². The molecule has 1 aliphatic rings. The van der Waals surface area contributed by atoms with Crippen molar-refractivity contribution in [3.05, 3.63) is 0 Å². The van der Waals surface area contributed by atoms with Crippen LogP contribution in [0.1, 0.15) is 26.7 Å². The zero-order chi connectivity index (χ0) is 12.3. The summed E-state index contributed by atoms with van der Waals surface area (Å²) >= 11 is 0. The van der Waals surface area contributed by atoms with Gasteiger partial charge in [0.25, 0.3) is 0 Å². The Morgan fingerprint density at radius 2 is 1.62 bits per heavy atom. The normalized spacial score (nSPS) is 15.2. The standard InChI is InChI=1S/C10H12O6/c1-3-5(4-2)9(13)15-16-10(14)6-7(11)8(6)12/h5-6H,3-4H2,1-2H3. The van der Waals surface area contributed by atoms with E-state index in [1.165, 1.54) is 0 Å². The summed E-state index contributed by atoms with van der Waals surface area (Å²) in [7, 11) is 0. The molecule has 0 N–H and O–H groups in total. The molecule has 0 aliphatic heterocycles. The van der Waals surface area contributed by atoms with Gasteiger partial charge in [-0.05, 0) is 12.8 Å². The van der Waals surface area contributed by atoms with Gasteiger partial charge in [-0.15, -0.1) is 0 Å². The van der Waals surface area contributed by atoms with E-state index in [2.05, 4.69) is 9.78 Å². The molecule has 6 heteroatoms. The zero-order valence-electron chi connectivity index (χ0n) is 9.02. The Labute approximate surface area is 91.8 Å². The first-order valence-electron chi connectivity index (χ1n) is 5.03. The molecule has 1 rings (SSSR count). The van der Waals surface area contributed by atoms with Crippen LogP contribution in [0.4, 0.5) is 0 Å². The molecular formula is C10H12O6. The number of rotatable bonds is 4. The number of carbonyl (C=O) groups is 4. The van der Waals surface area contributed by atoms with E-state index in [0.717, 1.165) is 0 Å². The molecule has 0 aromatic carbocycles. The maximum atomic E-state index is 11.2. The largest absolute Gasteiger partial charge is 0.374 e. The monoisotopic (exact) mass is 228 g/mol. The molecule has 0 radical (unpaired) electrons. The highest BCUT2D eigenvalue weighted by molar-refractivity contribution is 6.66. The highest BCUT2D eigenvalue weighted by atomic mass is 17.2. The van der Waals surface area contributed by atoms with Crippen molar-refractivity contribution in [2.45, 2.75) is 26.7 Å². The van der Waals surface area contributed by atoms with Gasteiger partial charge >= 0.3 is 11.9 Å². The van der Waals surface area contributed by atoms with Gasteiger partial charge < -0.3 is 0 Å². The number of carbonyl (C=O) groups excluding carboxylic acids is 4. The van der Waals surface area contributed by atoms with Crippen LogP contribution in [0, 0.1) is 11.8 Å². The van der Waals surface area contributed by atoms with Gasteiger partial charge in [0, 0.05) is 0 Å². The lowest BCUT2D eigenvalue weighted by Gasteiger charge is -2.08. The lowest BCUT2D eigenvalue weighted by atomic mass is 10.0. The van der Waals surface area contributed by atoms with Crippen molar-refractivity contribution in [2.75, 3.05) is 0 Å². The third-order valence-electron chi connectivity index (χ3n) is 2.44. The maximum absolute atomic E-state index is 11.2. The second kappa shape index (κ2) is 4.87. The van der Waals surface area contributed by atoms with Crippen LogP contribution in [0.3, 0.4) is 0 Å². The van der Waals surface area contributed by atoms with Crippen LogP contribution in [-0.4, -0.2) is 23.5 Å². The Balaban J connectivity index is 2.35. The molecule has 0 atom stereocenters. The molecule has 1 fully saturated rings. The molecule has 1 aliphatic carbocycles. The van der Waals surface area contributed by atoms with Gasteiger partial charge in [-0.1, -0.05) is 13.8 Å². The summed E-state index contributed by atoms with van der Waals surface area (Å²) in [4.78, 5) is 51.7. The smallest absolute Gasteiger partial charge is 0.289 e. The molecule has 1 saturated carbocycles. The van der Waals surface area contributed by atoms with Crippen LogP contribution < -0.4 is 0 Å². The highest BCUT2D eigenvalue weighted by Crippen LogP contribution is 2.20. The van der Waals surface area contributed by atoms with E-state index >= 15 is 0 Å². The number of Topliss-reactive ketones (excluding diaryl/α,β-unsaturated/α-hetero) is 2. The fourth-order valence-corrected chi connectivity index (χ4v) is 1.22. The molecule has 0 spiro atoms. The van der Waals surface area contributed by atoms with Gasteiger partial charge in [0.1, 0.15) is 0 Å². The third-order valence-corrected chi connectivity index (χ3v) is 2.44. The first kappa shape index (κ1) is 12.4. The van der Waals surface area contributed by atoms with Gasteiger partial charge in [-0.25, -0.2) is 19.4 Å². The molecule has 0 aromatic heterocycles. The van der Waals surface area contributed by atoms with Crippen LogP contribution in [0.2, 0.25) is 0 Å². The molecule has 6 nitrogen and oxygen atoms in total. The second-order valence-electron chi connectivity index (χ2n) is 3.48.